The van der Waals surface area contributed by atoms with Crippen LogP contribution >= 0.6 is 0 Å². The van der Waals surface area contributed by atoms with Gasteiger partial charge >= 0.3 is 12.1 Å². The van der Waals surface area contributed by atoms with Crippen molar-refractivity contribution in [2.45, 2.75) is 51.4 Å². The zero-order valence-electron chi connectivity index (χ0n) is 9.52. The maximum absolute atomic E-state index is 13.9. The summed E-state index contributed by atoms with van der Waals surface area (Å²) in [6, 6.07) is 0. The van der Waals surface area contributed by atoms with Crippen molar-refractivity contribution >= 4 is 0 Å². The fourth-order valence-electron chi connectivity index (χ4n) is 1.60. The maximum Gasteiger partial charge on any atom is 0.457 e. The summed E-state index contributed by atoms with van der Waals surface area (Å²) in [5.41, 5.74) is -7.64. The van der Waals surface area contributed by atoms with Crippen molar-refractivity contribution in [2.24, 2.45) is 5.41 Å². The van der Waals surface area contributed by atoms with Crippen LogP contribution in [0.4, 0.5) is 35.1 Å². The van der Waals surface area contributed by atoms with Gasteiger partial charge in [0, 0.05) is 12.3 Å². The van der Waals surface area contributed by atoms with Gasteiger partial charge in [0.1, 0.15) is 0 Å². The Hall–Kier alpha value is -0.560. The summed E-state index contributed by atoms with van der Waals surface area (Å²) < 4.78 is 102. The van der Waals surface area contributed by atoms with E-state index in [2.05, 4.69) is 0 Å². The highest BCUT2D eigenvalue weighted by Gasteiger charge is 2.81. The molecule has 0 N–H and O–H groups in total. The third kappa shape index (κ3) is 2.22. The lowest BCUT2D eigenvalue weighted by molar-refractivity contribution is -0.379. The van der Waals surface area contributed by atoms with Crippen LogP contribution in [0.1, 0.15) is 27.7 Å². The molecule has 0 aliphatic rings. The highest BCUT2D eigenvalue weighted by atomic mass is 19.4. The minimum Gasteiger partial charge on any atom is -0.229 e. The standard InChI is InChI=1S/C9H12F8/c1-5(2,3)7(12,6(4,10)11)8(13,14)9(15,16)17/h1-4H3. The predicted octanol–water partition coefficient (Wildman–Crippen LogP) is 4.59. The minimum atomic E-state index is -6.39. The molecule has 1 atom stereocenters. The average Bonchev–Trinajstić information content (AvgIpc) is 1.95. The summed E-state index contributed by atoms with van der Waals surface area (Å²) in [7, 11) is 0. The molecule has 0 aliphatic heterocycles. The summed E-state index contributed by atoms with van der Waals surface area (Å²) in [6.45, 7) is 1.38. The number of hydrogen-bond donors (Lipinski definition) is 0. The van der Waals surface area contributed by atoms with E-state index in [9.17, 15) is 35.1 Å². The van der Waals surface area contributed by atoms with E-state index in [1.165, 1.54) is 0 Å². The number of rotatable bonds is 2. The van der Waals surface area contributed by atoms with Gasteiger partial charge < -0.3 is 0 Å². The molecule has 0 aromatic rings. The smallest absolute Gasteiger partial charge is 0.229 e. The Labute approximate surface area is 93.0 Å². The topological polar surface area (TPSA) is 0 Å². The monoisotopic (exact) mass is 272 g/mol. The first-order valence-electron chi connectivity index (χ1n) is 4.51. The highest BCUT2D eigenvalue weighted by Crippen LogP contribution is 2.59. The zero-order chi connectivity index (χ0) is 14.5. The molecule has 0 spiro atoms. The fraction of sp³-hybridized carbons (Fsp3) is 1.00. The molecule has 1 unspecified atom stereocenters. The van der Waals surface area contributed by atoms with Crippen LogP contribution in [0.15, 0.2) is 0 Å². The summed E-state index contributed by atoms with van der Waals surface area (Å²) in [6.07, 6.45) is -6.39. The van der Waals surface area contributed by atoms with Gasteiger partial charge in [0.25, 0.3) is 5.92 Å². The van der Waals surface area contributed by atoms with Crippen LogP contribution in [-0.2, 0) is 0 Å². The van der Waals surface area contributed by atoms with Crippen LogP contribution in [-0.4, -0.2) is 23.7 Å². The van der Waals surface area contributed by atoms with Gasteiger partial charge in [-0.3, -0.25) is 0 Å². The van der Waals surface area contributed by atoms with Crippen molar-refractivity contribution in [1.29, 1.82) is 0 Å². The first kappa shape index (κ1) is 16.4. The molecule has 104 valence electrons. The van der Waals surface area contributed by atoms with Crippen LogP contribution in [0.5, 0.6) is 0 Å². The van der Waals surface area contributed by atoms with E-state index in [4.69, 9.17) is 0 Å². The third-order valence-corrected chi connectivity index (χ3v) is 2.43. The molecule has 8 heteroatoms. The maximum atomic E-state index is 13.9. The Morgan fingerprint density at radius 2 is 0.882 bits per heavy atom. The zero-order valence-corrected chi connectivity index (χ0v) is 9.52. The molecule has 0 aliphatic carbocycles. The van der Waals surface area contributed by atoms with Crippen molar-refractivity contribution in [1.82, 2.24) is 0 Å². The molecule has 0 fully saturated rings. The second kappa shape index (κ2) is 3.71. The Balaban J connectivity index is 6.04. The molecular formula is C9H12F8. The van der Waals surface area contributed by atoms with Gasteiger partial charge in [-0.25, -0.2) is 13.2 Å². The Bertz CT molecular complexity index is 263. The molecule has 0 saturated heterocycles. The van der Waals surface area contributed by atoms with E-state index < -0.39 is 29.1 Å². The first-order valence-corrected chi connectivity index (χ1v) is 4.51. The minimum absolute atomic E-state index is 0.294. The number of alkyl halides is 8. The van der Waals surface area contributed by atoms with Crippen molar-refractivity contribution in [3.63, 3.8) is 0 Å². The first-order chi connectivity index (χ1) is 7.00. The molecule has 0 rings (SSSR count). The summed E-state index contributed by atoms with van der Waals surface area (Å²) in [4.78, 5) is 0. The Kier molecular flexibility index (Phi) is 3.59. The number of halogens is 8. The van der Waals surface area contributed by atoms with Gasteiger partial charge in [-0.05, 0) is 0 Å². The van der Waals surface area contributed by atoms with Crippen molar-refractivity contribution in [2.75, 3.05) is 0 Å². The second-order valence-electron chi connectivity index (χ2n) is 4.87. The summed E-state index contributed by atoms with van der Waals surface area (Å²) in [5, 5.41) is 0. The van der Waals surface area contributed by atoms with E-state index in [0.717, 1.165) is 0 Å². The van der Waals surface area contributed by atoms with Crippen LogP contribution in [0, 0.1) is 5.41 Å². The lowest BCUT2D eigenvalue weighted by Gasteiger charge is -2.46. The van der Waals surface area contributed by atoms with E-state index in [0.29, 0.717) is 20.8 Å². The van der Waals surface area contributed by atoms with E-state index in [-0.39, 0.29) is 6.92 Å². The van der Waals surface area contributed by atoms with E-state index in [1.807, 2.05) is 0 Å². The number of hydrogen-bond acceptors (Lipinski definition) is 0. The highest BCUT2D eigenvalue weighted by molar-refractivity contribution is 5.11. The van der Waals surface area contributed by atoms with E-state index in [1.54, 1.807) is 0 Å². The summed E-state index contributed by atoms with van der Waals surface area (Å²) in [5.74, 6) is -11.0. The van der Waals surface area contributed by atoms with Gasteiger partial charge in [-0.1, -0.05) is 20.8 Å². The Morgan fingerprint density at radius 3 is 0.941 bits per heavy atom. The largest absolute Gasteiger partial charge is 0.457 e. The van der Waals surface area contributed by atoms with Crippen molar-refractivity contribution in [3.05, 3.63) is 0 Å². The third-order valence-electron chi connectivity index (χ3n) is 2.43. The molecule has 0 heterocycles. The SMILES string of the molecule is CC(C)(C)C(F)(C(C)(F)F)C(F)(F)C(F)(F)F. The Morgan fingerprint density at radius 1 is 0.588 bits per heavy atom. The molecule has 0 saturated carbocycles. The molecule has 0 nitrogen and oxygen atoms in total. The van der Waals surface area contributed by atoms with Gasteiger partial charge in [0.2, 0.25) is 5.67 Å². The van der Waals surface area contributed by atoms with Gasteiger partial charge in [0.15, 0.2) is 0 Å². The van der Waals surface area contributed by atoms with Crippen LogP contribution < -0.4 is 0 Å². The molecular weight excluding hydrogens is 260 g/mol. The summed E-state index contributed by atoms with van der Waals surface area (Å²) >= 11 is 0. The van der Waals surface area contributed by atoms with Crippen LogP contribution in [0.3, 0.4) is 0 Å². The van der Waals surface area contributed by atoms with Crippen molar-refractivity contribution in [3.8, 4) is 0 Å². The molecule has 0 aromatic carbocycles. The molecule has 0 bridgehead atoms. The molecule has 0 radical (unpaired) electrons. The fourth-order valence-corrected chi connectivity index (χ4v) is 1.60. The van der Waals surface area contributed by atoms with Gasteiger partial charge in [-0.15, -0.1) is 0 Å². The molecule has 17 heavy (non-hydrogen) atoms. The van der Waals surface area contributed by atoms with Crippen LogP contribution in [0.25, 0.3) is 0 Å². The van der Waals surface area contributed by atoms with E-state index >= 15 is 0 Å². The molecule has 0 aromatic heterocycles. The average molecular weight is 272 g/mol. The van der Waals surface area contributed by atoms with Crippen LogP contribution in [0.2, 0.25) is 0 Å². The van der Waals surface area contributed by atoms with Gasteiger partial charge in [0.05, 0.1) is 0 Å². The van der Waals surface area contributed by atoms with Gasteiger partial charge in [-0.2, -0.15) is 22.0 Å². The van der Waals surface area contributed by atoms with Crippen molar-refractivity contribution < 1.29 is 35.1 Å². The predicted molar refractivity (Wildman–Crippen MR) is 44.9 cm³/mol. The lowest BCUT2D eigenvalue weighted by Crippen LogP contribution is -2.68. The lowest BCUT2D eigenvalue weighted by atomic mass is 9.70. The normalized spacial score (nSPS) is 19.1. The quantitative estimate of drug-likeness (QED) is 0.645. The molecule has 0 amide bonds. The second-order valence-corrected chi connectivity index (χ2v) is 4.87.